The number of carboxylic acids is 1. The second-order valence-electron chi connectivity index (χ2n) is 5.44. The molecule has 0 aliphatic carbocycles. The number of rotatable bonds is 4. The predicted molar refractivity (Wildman–Crippen MR) is 69.3 cm³/mol. The van der Waals surface area contributed by atoms with E-state index in [0.29, 0.717) is 5.56 Å². The molecule has 2 N–H and O–H groups in total. The van der Waals surface area contributed by atoms with E-state index in [1.54, 1.807) is 0 Å². The molecule has 0 fully saturated rings. The lowest BCUT2D eigenvalue weighted by Gasteiger charge is -2.22. The summed E-state index contributed by atoms with van der Waals surface area (Å²) in [5.41, 5.74) is 0.00102. The van der Waals surface area contributed by atoms with Gasteiger partial charge in [-0.15, -0.1) is 0 Å². The minimum atomic E-state index is -1.10. The zero-order valence-corrected chi connectivity index (χ0v) is 11.2. The molecule has 0 heterocycles. The van der Waals surface area contributed by atoms with Gasteiger partial charge in [0.2, 0.25) is 5.91 Å². The molecule has 19 heavy (non-hydrogen) atoms. The van der Waals surface area contributed by atoms with Gasteiger partial charge < -0.3 is 10.4 Å². The van der Waals surface area contributed by atoms with Gasteiger partial charge in [-0.2, -0.15) is 0 Å². The lowest BCUT2D eigenvalue weighted by Crippen LogP contribution is -2.41. The molecule has 1 aromatic rings. The summed E-state index contributed by atoms with van der Waals surface area (Å²) in [5, 5.41) is 11.9. The van der Waals surface area contributed by atoms with Crippen LogP contribution in [0.2, 0.25) is 0 Å². The molecule has 0 bridgehead atoms. The van der Waals surface area contributed by atoms with Crippen molar-refractivity contribution in [3.05, 3.63) is 35.6 Å². The zero-order valence-electron chi connectivity index (χ0n) is 11.2. The van der Waals surface area contributed by atoms with Crippen LogP contribution in [-0.2, 0) is 9.59 Å². The molecule has 104 valence electrons. The smallest absolute Gasteiger partial charge is 0.311 e. The van der Waals surface area contributed by atoms with Crippen molar-refractivity contribution in [3.8, 4) is 0 Å². The van der Waals surface area contributed by atoms with E-state index in [4.69, 9.17) is 5.11 Å². The van der Waals surface area contributed by atoms with Crippen LogP contribution < -0.4 is 5.32 Å². The Bertz CT molecular complexity index is 463. The third-order valence-electron chi connectivity index (χ3n) is 2.47. The molecule has 1 rings (SSSR count). The van der Waals surface area contributed by atoms with Crippen molar-refractivity contribution in [2.24, 2.45) is 0 Å². The minimum absolute atomic E-state index is 0.168. The number of hydrogen-bond acceptors (Lipinski definition) is 2. The Hall–Kier alpha value is -1.91. The second kappa shape index (κ2) is 5.82. The fourth-order valence-corrected chi connectivity index (χ4v) is 1.70. The van der Waals surface area contributed by atoms with Crippen molar-refractivity contribution in [1.29, 1.82) is 0 Å². The van der Waals surface area contributed by atoms with E-state index >= 15 is 0 Å². The number of halogens is 1. The number of nitrogens with one attached hydrogen (secondary N) is 1. The summed E-state index contributed by atoms with van der Waals surface area (Å²) in [6.07, 6.45) is -0.168. The van der Waals surface area contributed by atoms with E-state index in [1.165, 1.54) is 24.3 Å². The topological polar surface area (TPSA) is 66.4 Å². The molecular weight excluding hydrogens is 249 g/mol. The Balaban J connectivity index is 2.82. The Morgan fingerprint density at radius 1 is 1.26 bits per heavy atom. The van der Waals surface area contributed by atoms with E-state index in [0.717, 1.165) is 0 Å². The molecule has 0 radical (unpaired) electrons. The van der Waals surface area contributed by atoms with Crippen LogP contribution in [0.3, 0.4) is 0 Å². The lowest BCUT2D eigenvalue weighted by atomic mass is 9.95. The van der Waals surface area contributed by atoms with Gasteiger partial charge in [-0.05, 0) is 38.5 Å². The Kier molecular flexibility index (Phi) is 4.64. The predicted octanol–water partition coefficient (Wildman–Crippen LogP) is 2.30. The van der Waals surface area contributed by atoms with Crippen molar-refractivity contribution in [3.63, 3.8) is 0 Å². The second-order valence-corrected chi connectivity index (χ2v) is 5.44. The van der Waals surface area contributed by atoms with Crippen molar-refractivity contribution in [2.75, 3.05) is 0 Å². The number of aliphatic carboxylic acids is 1. The minimum Gasteiger partial charge on any atom is -0.481 e. The summed E-state index contributed by atoms with van der Waals surface area (Å²) in [7, 11) is 0. The van der Waals surface area contributed by atoms with E-state index < -0.39 is 23.2 Å². The molecule has 0 saturated heterocycles. The third kappa shape index (κ3) is 5.07. The van der Waals surface area contributed by atoms with Gasteiger partial charge in [-0.25, -0.2) is 4.39 Å². The van der Waals surface area contributed by atoms with Gasteiger partial charge in [0.05, 0.1) is 5.92 Å². The summed E-state index contributed by atoms with van der Waals surface area (Å²) in [5.74, 6) is -2.85. The van der Waals surface area contributed by atoms with Gasteiger partial charge in [-0.1, -0.05) is 12.1 Å². The van der Waals surface area contributed by atoms with Gasteiger partial charge in [0.25, 0.3) is 0 Å². The maximum absolute atomic E-state index is 12.8. The van der Waals surface area contributed by atoms with Gasteiger partial charge in [0.1, 0.15) is 5.82 Å². The highest BCUT2D eigenvalue weighted by Gasteiger charge is 2.25. The van der Waals surface area contributed by atoms with E-state index in [2.05, 4.69) is 5.32 Å². The summed E-state index contributed by atoms with van der Waals surface area (Å²) in [6.45, 7) is 5.45. The molecule has 5 heteroatoms. The number of amides is 1. The number of hydrogen-bond donors (Lipinski definition) is 2. The normalized spacial score (nSPS) is 12.8. The SMILES string of the molecule is CC(C)(C)NC(=O)CC(C(=O)O)c1ccc(F)cc1. The molecule has 0 spiro atoms. The average Bonchev–Trinajstić information content (AvgIpc) is 2.24. The Labute approximate surface area is 111 Å². The largest absolute Gasteiger partial charge is 0.481 e. The number of carbonyl (C=O) groups is 2. The van der Waals surface area contributed by atoms with E-state index in [-0.39, 0.29) is 12.3 Å². The summed E-state index contributed by atoms with van der Waals surface area (Å²) < 4.78 is 12.8. The maximum atomic E-state index is 12.8. The maximum Gasteiger partial charge on any atom is 0.311 e. The summed E-state index contributed by atoms with van der Waals surface area (Å²) in [4.78, 5) is 23.0. The fraction of sp³-hybridized carbons (Fsp3) is 0.429. The Morgan fingerprint density at radius 2 is 1.79 bits per heavy atom. The van der Waals surface area contributed by atoms with Crippen molar-refractivity contribution in [1.82, 2.24) is 5.32 Å². The molecular formula is C14H18FNO3. The average molecular weight is 267 g/mol. The van der Waals surface area contributed by atoms with Gasteiger partial charge in [-0.3, -0.25) is 9.59 Å². The van der Waals surface area contributed by atoms with E-state index in [1.807, 2.05) is 20.8 Å². The van der Waals surface area contributed by atoms with Crippen molar-refractivity contribution >= 4 is 11.9 Å². The van der Waals surface area contributed by atoms with Crippen LogP contribution in [0, 0.1) is 5.82 Å². The molecule has 1 amide bonds. The van der Waals surface area contributed by atoms with Crippen LogP contribution in [0.4, 0.5) is 4.39 Å². The first-order valence-corrected chi connectivity index (χ1v) is 5.98. The van der Waals surface area contributed by atoms with E-state index in [9.17, 15) is 14.0 Å². The third-order valence-corrected chi connectivity index (χ3v) is 2.47. The molecule has 0 aliphatic heterocycles. The molecule has 1 atom stereocenters. The lowest BCUT2D eigenvalue weighted by molar-refractivity contribution is -0.141. The highest BCUT2D eigenvalue weighted by Crippen LogP contribution is 2.21. The first-order chi connectivity index (χ1) is 8.69. The summed E-state index contributed by atoms with van der Waals surface area (Å²) >= 11 is 0. The van der Waals surface area contributed by atoms with Gasteiger partial charge in [0.15, 0.2) is 0 Å². The highest BCUT2D eigenvalue weighted by molar-refractivity contribution is 5.86. The fourth-order valence-electron chi connectivity index (χ4n) is 1.70. The van der Waals surface area contributed by atoms with Crippen LogP contribution >= 0.6 is 0 Å². The van der Waals surface area contributed by atoms with Crippen LogP contribution in [0.25, 0.3) is 0 Å². The van der Waals surface area contributed by atoms with Gasteiger partial charge >= 0.3 is 5.97 Å². The van der Waals surface area contributed by atoms with Crippen molar-refractivity contribution in [2.45, 2.75) is 38.6 Å². The monoisotopic (exact) mass is 267 g/mol. The summed E-state index contributed by atoms with van der Waals surface area (Å²) in [6, 6.07) is 5.15. The number of carbonyl (C=O) groups excluding carboxylic acids is 1. The highest BCUT2D eigenvalue weighted by atomic mass is 19.1. The molecule has 0 aromatic heterocycles. The zero-order chi connectivity index (χ0) is 14.6. The number of carboxylic acid groups (broad SMARTS) is 1. The van der Waals surface area contributed by atoms with Crippen molar-refractivity contribution < 1.29 is 19.1 Å². The quantitative estimate of drug-likeness (QED) is 0.879. The van der Waals surface area contributed by atoms with Crippen LogP contribution in [0.15, 0.2) is 24.3 Å². The number of benzene rings is 1. The Morgan fingerprint density at radius 3 is 2.21 bits per heavy atom. The first-order valence-electron chi connectivity index (χ1n) is 5.98. The van der Waals surface area contributed by atoms with Crippen LogP contribution in [-0.4, -0.2) is 22.5 Å². The standard InChI is InChI=1S/C14H18FNO3/c1-14(2,3)16-12(17)8-11(13(18)19)9-4-6-10(15)7-5-9/h4-7,11H,8H2,1-3H3,(H,16,17)(H,18,19). The van der Waals surface area contributed by atoms with Gasteiger partial charge in [0, 0.05) is 12.0 Å². The molecule has 0 aliphatic rings. The molecule has 1 unspecified atom stereocenters. The molecule has 1 aromatic carbocycles. The van der Waals surface area contributed by atoms with Crippen LogP contribution in [0.1, 0.15) is 38.7 Å². The van der Waals surface area contributed by atoms with Crippen LogP contribution in [0.5, 0.6) is 0 Å². The molecule has 0 saturated carbocycles. The first kappa shape index (κ1) is 15.1. The molecule has 4 nitrogen and oxygen atoms in total.